The first-order valence-corrected chi connectivity index (χ1v) is 8.23. The highest BCUT2D eigenvalue weighted by Crippen LogP contribution is 2.24. The Labute approximate surface area is 158 Å². The van der Waals surface area contributed by atoms with Crippen LogP contribution in [0.15, 0.2) is 54.9 Å². The van der Waals surface area contributed by atoms with Crippen LogP contribution >= 0.6 is 12.4 Å². The lowest BCUT2D eigenvalue weighted by Crippen LogP contribution is -2.37. The molecule has 0 spiro atoms. The normalized spacial score (nSPS) is 11.6. The molecule has 0 aliphatic rings. The van der Waals surface area contributed by atoms with Gasteiger partial charge in [0.25, 0.3) is 0 Å². The fourth-order valence-electron chi connectivity index (χ4n) is 2.80. The fourth-order valence-corrected chi connectivity index (χ4v) is 2.80. The third-order valence-corrected chi connectivity index (χ3v) is 4.02. The maximum Gasteiger partial charge on any atom is 0.241 e. The van der Waals surface area contributed by atoms with Gasteiger partial charge in [-0.2, -0.15) is 5.10 Å². The van der Waals surface area contributed by atoms with Gasteiger partial charge in [-0.3, -0.25) is 9.48 Å². The molecule has 1 aromatic heterocycles. The van der Waals surface area contributed by atoms with Crippen LogP contribution in [0.5, 0.6) is 5.75 Å². The van der Waals surface area contributed by atoms with Crippen molar-refractivity contribution in [3.63, 3.8) is 0 Å². The predicted molar refractivity (Wildman–Crippen MR) is 105 cm³/mol. The molecule has 2 aromatic carbocycles. The largest absolute Gasteiger partial charge is 0.491 e. The van der Waals surface area contributed by atoms with Crippen molar-refractivity contribution in [1.29, 1.82) is 0 Å². The third kappa shape index (κ3) is 4.53. The summed E-state index contributed by atoms with van der Waals surface area (Å²) in [7, 11) is 3.58. The molecule has 0 aliphatic carbocycles. The number of nitrogens with one attached hydrogen (secondary N) is 2. The fraction of sp³-hybridized carbons (Fsp3) is 0.263. The Hall–Kier alpha value is -2.57. The summed E-state index contributed by atoms with van der Waals surface area (Å²) >= 11 is 0. The molecule has 1 amide bonds. The minimum Gasteiger partial charge on any atom is -0.491 e. The molecular weight excluding hydrogens is 352 g/mol. The average Bonchev–Trinajstić information content (AvgIpc) is 3.05. The van der Waals surface area contributed by atoms with Crippen LogP contribution in [0.2, 0.25) is 0 Å². The number of rotatable bonds is 7. The second kappa shape index (κ2) is 9.22. The van der Waals surface area contributed by atoms with Crippen molar-refractivity contribution in [2.75, 3.05) is 20.2 Å². The predicted octanol–water partition coefficient (Wildman–Crippen LogP) is 2.45. The molecule has 1 atom stereocenters. The summed E-state index contributed by atoms with van der Waals surface area (Å²) in [5.41, 5.74) is 0.831. The molecule has 2 N–H and O–H groups in total. The van der Waals surface area contributed by atoms with Crippen molar-refractivity contribution in [1.82, 2.24) is 20.4 Å². The van der Waals surface area contributed by atoms with E-state index in [0.29, 0.717) is 13.2 Å². The van der Waals surface area contributed by atoms with Crippen LogP contribution in [0.4, 0.5) is 0 Å². The van der Waals surface area contributed by atoms with Crippen molar-refractivity contribution in [2.45, 2.75) is 6.04 Å². The van der Waals surface area contributed by atoms with Gasteiger partial charge in [-0.05, 0) is 18.5 Å². The zero-order chi connectivity index (χ0) is 17.6. The Morgan fingerprint density at radius 2 is 2.00 bits per heavy atom. The molecule has 138 valence electrons. The van der Waals surface area contributed by atoms with Gasteiger partial charge in [-0.1, -0.05) is 36.4 Å². The van der Waals surface area contributed by atoms with Gasteiger partial charge in [0.05, 0.1) is 12.7 Å². The number of carbonyl (C=O) groups excluding carboxylic acids is 1. The number of aromatic nitrogens is 2. The van der Waals surface area contributed by atoms with Gasteiger partial charge in [0.1, 0.15) is 18.4 Å². The maximum atomic E-state index is 12.3. The zero-order valence-corrected chi connectivity index (χ0v) is 15.6. The van der Waals surface area contributed by atoms with E-state index in [9.17, 15) is 4.79 Å². The summed E-state index contributed by atoms with van der Waals surface area (Å²) in [6.07, 6.45) is 3.51. The van der Waals surface area contributed by atoms with Gasteiger partial charge in [-0.15, -0.1) is 12.4 Å². The lowest BCUT2D eigenvalue weighted by Gasteiger charge is -2.15. The Bertz CT molecular complexity index is 860. The van der Waals surface area contributed by atoms with E-state index in [1.165, 1.54) is 0 Å². The number of carbonyl (C=O) groups is 1. The highest BCUT2D eigenvalue weighted by molar-refractivity contribution is 5.88. The molecular formula is C19H23ClN4O2. The van der Waals surface area contributed by atoms with Crippen LogP contribution < -0.4 is 15.4 Å². The number of aryl methyl sites for hydroxylation is 1. The molecule has 3 aromatic rings. The maximum absolute atomic E-state index is 12.3. The Balaban J connectivity index is 0.00000243. The number of fused-ring (bicyclic) bond motifs is 1. The monoisotopic (exact) mass is 374 g/mol. The molecule has 26 heavy (non-hydrogen) atoms. The molecule has 0 bridgehead atoms. The van der Waals surface area contributed by atoms with Gasteiger partial charge in [0.2, 0.25) is 5.91 Å². The highest BCUT2D eigenvalue weighted by atomic mass is 35.5. The third-order valence-electron chi connectivity index (χ3n) is 4.02. The number of benzene rings is 2. The summed E-state index contributed by atoms with van der Waals surface area (Å²) in [4.78, 5) is 12.3. The van der Waals surface area contributed by atoms with E-state index in [-0.39, 0.29) is 18.3 Å². The lowest BCUT2D eigenvalue weighted by atomic mass is 10.1. The van der Waals surface area contributed by atoms with Gasteiger partial charge in [0.15, 0.2) is 0 Å². The van der Waals surface area contributed by atoms with E-state index in [4.69, 9.17) is 4.74 Å². The summed E-state index contributed by atoms with van der Waals surface area (Å²) in [6, 6.07) is 13.6. The van der Waals surface area contributed by atoms with E-state index in [1.807, 2.05) is 43.6 Å². The number of likely N-dealkylation sites (N-methyl/N-ethyl adjacent to an activating group) is 1. The minimum absolute atomic E-state index is 0. The lowest BCUT2D eigenvalue weighted by molar-refractivity contribution is -0.123. The van der Waals surface area contributed by atoms with Crippen LogP contribution in [-0.2, 0) is 11.8 Å². The number of hydrogen-bond donors (Lipinski definition) is 2. The number of hydrogen-bond acceptors (Lipinski definition) is 4. The topological polar surface area (TPSA) is 68.2 Å². The van der Waals surface area contributed by atoms with Gasteiger partial charge >= 0.3 is 0 Å². The molecule has 0 saturated carbocycles. The minimum atomic E-state index is -0.425. The second-order valence-corrected chi connectivity index (χ2v) is 5.79. The molecule has 7 heteroatoms. The number of ether oxygens (including phenoxy) is 1. The van der Waals surface area contributed by atoms with E-state index >= 15 is 0 Å². The smallest absolute Gasteiger partial charge is 0.241 e. The van der Waals surface area contributed by atoms with Crippen LogP contribution in [0.25, 0.3) is 10.8 Å². The average molecular weight is 375 g/mol. The summed E-state index contributed by atoms with van der Waals surface area (Å²) in [5.74, 6) is 0.724. The van der Waals surface area contributed by atoms with E-state index in [2.05, 4.69) is 27.9 Å². The summed E-state index contributed by atoms with van der Waals surface area (Å²) in [5, 5.41) is 12.2. The van der Waals surface area contributed by atoms with Crippen LogP contribution in [0.1, 0.15) is 11.6 Å². The molecule has 1 heterocycles. The summed E-state index contributed by atoms with van der Waals surface area (Å²) in [6.45, 7) is 0.837. The van der Waals surface area contributed by atoms with E-state index in [1.54, 1.807) is 17.9 Å². The first kappa shape index (κ1) is 19.8. The summed E-state index contributed by atoms with van der Waals surface area (Å²) < 4.78 is 7.52. The Morgan fingerprint density at radius 1 is 1.23 bits per heavy atom. The van der Waals surface area contributed by atoms with Crippen molar-refractivity contribution in [2.24, 2.45) is 7.05 Å². The number of nitrogens with zero attached hydrogens (tertiary/aromatic N) is 2. The molecule has 0 aliphatic heterocycles. The van der Waals surface area contributed by atoms with Crippen LogP contribution in [-0.4, -0.2) is 35.9 Å². The van der Waals surface area contributed by atoms with E-state index < -0.39 is 6.04 Å². The number of halogens is 1. The highest BCUT2D eigenvalue weighted by Gasteiger charge is 2.19. The van der Waals surface area contributed by atoms with Crippen LogP contribution in [0, 0.1) is 0 Å². The van der Waals surface area contributed by atoms with Crippen LogP contribution in [0.3, 0.4) is 0 Å². The first-order chi connectivity index (χ1) is 12.2. The van der Waals surface area contributed by atoms with Crippen molar-refractivity contribution < 1.29 is 9.53 Å². The van der Waals surface area contributed by atoms with Crippen molar-refractivity contribution >= 4 is 29.1 Å². The van der Waals surface area contributed by atoms with Crippen molar-refractivity contribution in [3.8, 4) is 5.75 Å². The first-order valence-electron chi connectivity index (χ1n) is 8.23. The number of amides is 1. The van der Waals surface area contributed by atoms with Crippen molar-refractivity contribution in [3.05, 3.63) is 60.4 Å². The van der Waals surface area contributed by atoms with Gasteiger partial charge in [-0.25, -0.2) is 0 Å². The quantitative estimate of drug-likeness (QED) is 0.623. The molecule has 3 rings (SSSR count). The SMILES string of the molecule is CNC(C(=O)NCCOc1cccc2ccccc12)c1cnn(C)c1.Cl. The van der Waals surface area contributed by atoms with Gasteiger partial charge in [0, 0.05) is 24.2 Å². The van der Waals surface area contributed by atoms with E-state index in [0.717, 1.165) is 22.1 Å². The Kier molecular flexibility index (Phi) is 7.00. The standard InChI is InChI=1S/C19H22N4O2.ClH/c1-20-18(15-12-22-23(2)13-15)19(24)21-10-11-25-17-9-5-7-14-6-3-4-8-16(14)17;/h3-9,12-13,18,20H,10-11H2,1-2H3,(H,21,24);1H. The Morgan fingerprint density at radius 3 is 2.73 bits per heavy atom. The molecule has 1 unspecified atom stereocenters. The molecule has 0 fully saturated rings. The molecule has 0 radical (unpaired) electrons. The van der Waals surface area contributed by atoms with Gasteiger partial charge < -0.3 is 15.4 Å². The zero-order valence-electron chi connectivity index (χ0n) is 14.8. The molecule has 0 saturated heterocycles. The molecule has 6 nitrogen and oxygen atoms in total. The second-order valence-electron chi connectivity index (χ2n) is 5.79.